The van der Waals surface area contributed by atoms with Gasteiger partial charge in [-0.05, 0) is 49.7 Å². The van der Waals surface area contributed by atoms with Gasteiger partial charge in [-0.1, -0.05) is 18.2 Å². The van der Waals surface area contributed by atoms with E-state index < -0.39 is 4.92 Å². The summed E-state index contributed by atoms with van der Waals surface area (Å²) in [6.45, 7) is 3.82. The molecule has 0 unspecified atom stereocenters. The van der Waals surface area contributed by atoms with E-state index >= 15 is 0 Å². The van der Waals surface area contributed by atoms with Gasteiger partial charge in [0.25, 0.3) is 11.6 Å². The predicted molar refractivity (Wildman–Crippen MR) is 112 cm³/mol. The number of aromatic nitrogens is 3. The highest BCUT2D eigenvalue weighted by Gasteiger charge is 2.12. The van der Waals surface area contributed by atoms with Crippen LogP contribution in [-0.4, -0.2) is 19.5 Å². The lowest BCUT2D eigenvalue weighted by atomic mass is 10.1. The monoisotopic (exact) mass is 403 g/mol. The molecule has 0 bridgehead atoms. The maximum Gasteiger partial charge on any atom is 0.269 e. The molecule has 0 N–H and O–H groups in total. The first kappa shape index (κ1) is 18.7. The smallest absolute Gasteiger partial charge is 0.269 e. The van der Waals surface area contributed by atoms with Gasteiger partial charge >= 0.3 is 0 Å². The molecule has 0 atom stereocenters. The van der Waals surface area contributed by atoms with Gasteiger partial charge in [-0.15, -0.1) is 11.3 Å². The Morgan fingerprint density at radius 3 is 2.28 bits per heavy atom. The molecule has 0 spiro atoms. The standard InChI is InChI=1S/C21H17N5O2S/c1-14-12-15(2)23-20(22-14)24-21-25(17-6-4-3-5-7-17)19(13-29-21)16-8-10-18(11-9-16)26(27)28/h3-13H,1-2H3. The number of aryl methyl sites for hydroxylation is 2. The summed E-state index contributed by atoms with van der Waals surface area (Å²) in [4.78, 5) is 24.8. The summed E-state index contributed by atoms with van der Waals surface area (Å²) >= 11 is 1.47. The van der Waals surface area contributed by atoms with E-state index in [9.17, 15) is 10.1 Å². The molecule has 4 rings (SSSR count). The Bertz CT molecular complexity index is 1220. The number of nitro benzene ring substituents is 1. The normalized spacial score (nSPS) is 11.6. The molecule has 0 radical (unpaired) electrons. The Morgan fingerprint density at radius 1 is 1.00 bits per heavy atom. The van der Waals surface area contributed by atoms with Crippen LogP contribution in [0.5, 0.6) is 0 Å². The molecule has 0 amide bonds. The highest BCUT2D eigenvalue weighted by molar-refractivity contribution is 7.07. The van der Waals surface area contributed by atoms with Crippen molar-refractivity contribution in [3.8, 4) is 16.9 Å². The van der Waals surface area contributed by atoms with Crippen molar-refractivity contribution in [3.63, 3.8) is 0 Å². The average Bonchev–Trinajstić information content (AvgIpc) is 3.11. The molecule has 8 heteroatoms. The van der Waals surface area contributed by atoms with Gasteiger partial charge in [0.15, 0.2) is 4.80 Å². The van der Waals surface area contributed by atoms with Gasteiger partial charge in [0.05, 0.1) is 10.6 Å². The summed E-state index contributed by atoms with van der Waals surface area (Å²) in [6.07, 6.45) is 0. The van der Waals surface area contributed by atoms with Crippen molar-refractivity contribution in [1.82, 2.24) is 14.5 Å². The van der Waals surface area contributed by atoms with Crippen LogP contribution in [0.4, 0.5) is 11.6 Å². The van der Waals surface area contributed by atoms with Gasteiger partial charge in [-0.3, -0.25) is 14.7 Å². The molecule has 4 aromatic rings. The van der Waals surface area contributed by atoms with E-state index in [1.165, 1.54) is 23.5 Å². The van der Waals surface area contributed by atoms with Crippen LogP contribution in [0, 0.1) is 24.0 Å². The van der Waals surface area contributed by atoms with Crippen LogP contribution in [0.2, 0.25) is 0 Å². The molecule has 0 aliphatic rings. The first-order chi connectivity index (χ1) is 14.0. The van der Waals surface area contributed by atoms with Crippen LogP contribution in [0.25, 0.3) is 16.9 Å². The van der Waals surface area contributed by atoms with Gasteiger partial charge in [0, 0.05) is 34.6 Å². The van der Waals surface area contributed by atoms with E-state index in [4.69, 9.17) is 0 Å². The third-order valence-electron chi connectivity index (χ3n) is 4.26. The minimum absolute atomic E-state index is 0.0591. The molecule has 0 aliphatic heterocycles. The Labute approximate surface area is 170 Å². The summed E-state index contributed by atoms with van der Waals surface area (Å²) in [5, 5.41) is 13.0. The third kappa shape index (κ3) is 3.97. The molecule has 0 aliphatic carbocycles. The van der Waals surface area contributed by atoms with Crippen molar-refractivity contribution in [2.24, 2.45) is 4.99 Å². The van der Waals surface area contributed by atoms with Crippen molar-refractivity contribution in [2.75, 3.05) is 0 Å². The van der Waals surface area contributed by atoms with E-state index in [0.717, 1.165) is 33.1 Å². The van der Waals surface area contributed by atoms with E-state index in [-0.39, 0.29) is 5.69 Å². The summed E-state index contributed by atoms with van der Waals surface area (Å²) in [7, 11) is 0. The molecule has 0 fully saturated rings. The number of non-ortho nitro benzene ring substituents is 1. The third-order valence-corrected chi connectivity index (χ3v) is 5.09. The quantitative estimate of drug-likeness (QED) is 0.363. The van der Waals surface area contributed by atoms with E-state index in [1.54, 1.807) is 12.1 Å². The highest BCUT2D eigenvalue weighted by Crippen LogP contribution is 2.26. The minimum atomic E-state index is -0.402. The van der Waals surface area contributed by atoms with Gasteiger partial charge < -0.3 is 0 Å². The Balaban J connectivity index is 1.91. The number of rotatable bonds is 4. The number of thiazole rings is 1. The fourth-order valence-electron chi connectivity index (χ4n) is 3.01. The van der Waals surface area contributed by atoms with E-state index in [0.29, 0.717) is 5.95 Å². The summed E-state index contributed by atoms with van der Waals surface area (Å²) in [5.74, 6) is 0.407. The van der Waals surface area contributed by atoms with E-state index in [1.807, 2.05) is 60.2 Å². The molecule has 0 saturated heterocycles. The maximum absolute atomic E-state index is 11.0. The Kier molecular flexibility index (Phi) is 5.01. The first-order valence-electron chi connectivity index (χ1n) is 8.89. The predicted octanol–water partition coefficient (Wildman–Crippen LogP) is 4.75. The zero-order chi connectivity index (χ0) is 20.4. The first-order valence-corrected chi connectivity index (χ1v) is 9.77. The van der Waals surface area contributed by atoms with Crippen molar-refractivity contribution >= 4 is 23.0 Å². The zero-order valence-corrected chi connectivity index (χ0v) is 16.6. The van der Waals surface area contributed by atoms with Gasteiger partial charge in [-0.25, -0.2) is 9.97 Å². The van der Waals surface area contributed by atoms with Crippen LogP contribution >= 0.6 is 11.3 Å². The SMILES string of the molecule is Cc1cc(C)nc(N=c2scc(-c3ccc([N+](=O)[O-])cc3)n2-c2ccccc2)n1. The number of nitro groups is 1. The second kappa shape index (κ2) is 7.76. The van der Waals surface area contributed by atoms with Crippen molar-refractivity contribution in [1.29, 1.82) is 0 Å². The fraction of sp³-hybridized carbons (Fsp3) is 0.0952. The van der Waals surface area contributed by atoms with Crippen molar-refractivity contribution < 1.29 is 4.92 Å². The van der Waals surface area contributed by atoms with Crippen molar-refractivity contribution in [2.45, 2.75) is 13.8 Å². The highest BCUT2D eigenvalue weighted by atomic mass is 32.1. The number of benzene rings is 2. The lowest BCUT2D eigenvalue weighted by Crippen LogP contribution is -2.14. The molecule has 2 aromatic carbocycles. The maximum atomic E-state index is 11.0. The summed E-state index contributed by atoms with van der Waals surface area (Å²) in [6, 6.07) is 18.2. The van der Waals surface area contributed by atoms with Gasteiger partial charge in [-0.2, -0.15) is 4.99 Å². The zero-order valence-electron chi connectivity index (χ0n) is 15.8. The largest absolute Gasteiger partial charge is 0.285 e. The lowest BCUT2D eigenvalue weighted by molar-refractivity contribution is -0.384. The molecule has 2 aromatic heterocycles. The molecule has 29 heavy (non-hydrogen) atoms. The fourth-order valence-corrected chi connectivity index (χ4v) is 3.92. The average molecular weight is 403 g/mol. The van der Waals surface area contributed by atoms with Crippen LogP contribution in [-0.2, 0) is 0 Å². The van der Waals surface area contributed by atoms with Crippen LogP contribution < -0.4 is 4.80 Å². The van der Waals surface area contributed by atoms with Crippen LogP contribution in [0.15, 0.2) is 71.0 Å². The topological polar surface area (TPSA) is 86.2 Å². The Hall–Kier alpha value is -3.65. The number of hydrogen-bond acceptors (Lipinski definition) is 6. The molecule has 144 valence electrons. The molecule has 0 saturated carbocycles. The Morgan fingerprint density at radius 2 is 1.66 bits per heavy atom. The lowest BCUT2D eigenvalue weighted by Gasteiger charge is -2.09. The second-order valence-corrected chi connectivity index (χ2v) is 7.28. The van der Waals surface area contributed by atoms with E-state index in [2.05, 4.69) is 15.0 Å². The second-order valence-electron chi connectivity index (χ2n) is 6.44. The van der Waals surface area contributed by atoms with Gasteiger partial charge in [0.2, 0.25) is 0 Å². The number of hydrogen-bond donors (Lipinski definition) is 0. The molecular formula is C21H17N5O2S. The molecule has 2 heterocycles. The van der Waals surface area contributed by atoms with Crippen LogP contribution in [0.3, 0.4) is 0 Å². The summed E-state index contributed by atoms with van der Waals surface area (Å²) < 4.78 is 2.01. The van der Waals surface area contributed by atoms with Gasteiger partial charge in [0.1, 0.15) is 0 Å². The number of nitrogens with zero attached hydrogens (tertiary/aromatic N) is 5. The van der Waals surface area contributed by atoms with Crippen LogP contribution in [0.1, 0.15) is 11.4 Å². The number of para-hydroxylation sites is 1. The molecular weight excluding hydrogens is 386 g/mol. The molecule has 7 nitrogen and oxygen atoms in total. The van der Waals surface area contributed by atoms with Crippen molar-refractivity contribution in [3.05, 3.63) is 92.3 Å². The summed E-state index contributed by atoms with van der Waals surface area (Å²) in [5.41, 5.74) is 4.45. The minimum Gasteiger partial charge on any atom is -0.285 e.